The Labute approximate surface area is 116 Å². The Morgan fingerprint density at radius 1 is 1.42 bits per heavy atom. The third-order valence-corrected chi connectivity index (χ3v) is 4.67. The van der Waals surface area contributed by atoms with E-state index in [1.807, 2.05) is 12.1 Å². The van der Waals surface area contributed by atoms with E-state index in [1.54, 1.807) is 11.3 Å². The van der Waals surface area contributed by atoms with E-state index < -0.39 is 0 Å². The van der Waals surface area contributed by atoms with E-state index in [0.717, 1.165) is 23.4 Å². The van der Waals surface area contributed by atoms with Crippen LogP contribution in [0.4, 0.5) is 5.82 Å². The molecule has 0 atom stereocenters. The summed E-state index contributed by atoms with van der Waals surface area (Å²) in [5, 5.41) is 9.90. The van der Waals surface area contributed by atoms with Crippen molar-refractivity contribution in [1.29, 1.82) is 0 Å². The molecule has 2 aromatic heterocycles. The number of thiophene rings is 1. The van der Waals surface area contributed by atoms with Gasteiger partial charge in [-0.2, -0.15) is 5.10 Å². The van der Waals surface area contributed by atoms with E-state index >= 15 is 0 Å². The molecule has 1 amide bonds. The number of H-pyrrole nitrogens is 1. The van der Waals surface area contributed by atoms with Crippen LogP contribution in [0.15, 0.2) is 12.1 Å². The molecule has 3 rings (SSSR count). The number of hydrogen-bond acceptors (Lipinski definition) is 3. The molecule has 100 valence electrons. The van der Waals surface area contributed by atoms with E-state index in [9.17, 15) is 4.79 Å². The number of carbonyl (C=O) groups excluding carboxylic acids is 1. The number of rotatable bonds is 3. The maximum atomic E-state index is 12.1. The maximum Gasteiger partial charge on any atom is 0.266 e. The molecule has 0 spiro atoms. The predicted octanol–water partition coefficient (Wildman–Crippen LogP) is 3.34. The lowest BCUT2D eigenvalue weighted by Crippen LogP contribution is -2.10. The summed E-state index contributed by atoms with van der Waals surface area (Å²) in [6.07, 6.45) is 3.45. The minimum absolute atomic E-state index is 0.0544. The number of fused-ring (bicyclic) bond motifs is 1. The predicted molar refractivity (Wildman–Crippen MR) is 77.0 cm³/mol. The summed E-state index contributed by atoms with van der Waals surface area (Å²) in [6.45, 7) is 4.17. The van der Waals surface area contributed by atoms with Gasteiger partial charge in [0.15, 0.2) is 5.82 Å². The quantitative estimate of drug-likeness (QED) is 0.902. The molecule has 1 aliphatic rings. The molecule has 0 saturated carbocycles. The average Bonchev–Trinajstić information content (AvgIpc) is 3.02. The second kappa shape index (κ2) is 4.81. The maximum absolute atomic E-state index is 12.1. The van der Waals surface area contributed by atoms with Gasteiger partial charge < -0.3 is 5.32 Å². The smallest absolute Gasteiger partial charge is 0.266 e. The minimum atomic E-state index is -0.0544. The van der Waals surface area contributed by atoms with Gasteiger partial charge in [0.1, 0.15) is 0 Å². The van der Waals surface area contributed by atoms with Crippen molar-refractivity contribution in [1.82, 2.24) is 10.2 Å². The highest BCUT2D eigenvalue weighted by molar-refractivity contribution is 7.14. The van der Waals surface area contributed by atoms with E-state index in [0.29, 0.717) is 11.7 Å². The van der Waals surface area contributed by atoms with E-state index in [2.05, 4.69) is 29.4 Å². The Hall–Kier alpha value is -1.62. The van der Waals surface area contributed by atoms with Crippen molar-refractivity contribution >= 4 is 23.1 Å². The fraction of sp³-hybridized carbons (Fsp3) is 0.429. The fourth-order valence-corrected chi connectivity index (χ4v) is 3.46. The van der Waals surface area contributed by atoms with Crippen LogP contribution in [0.2, 0.25) is 0 Å². The Morgan fingerprint density at radius 2 is 2.26 bits per heavy atom. The average molecular weight is 275 g/mol. The van der Waals surface area contributed by atoms with Crippen LogP contribution in [0, 0.1) is 0 Å². The zero-order valence-electron chi connectivity index (χ0n) is 11.1. The zero-order chi connectivity index (χ0) is 13.4. The van der Waals surface area contributed by atoms with Crippen LogP contribution in [-0.4, -0.2) is 16.1 Å². The number of nitrogens with one attached hydrogen (secondary N) is 2. The number of aromatic amines is 1. The first-order valence-corrected chi connectivity index (χ1v) is 7.43. The van der Waals surface area contributed by atoms with Gasteiger partial charge in [0.25, 0.3) is 5.91 Å². The molecule has 0 aromatic carbocycles. The first-order chi connectivity index (χ1) is 9.13. The summed E-state index contributed by atoms with van der Waals surface area (Å²) >= 11 is 1.61. The number of aromatic nitrogens is 2. The zero-order valence-corrected chi connectivity index (χ0v) is 11.9. The molecule has 19 heavy (non-hydrogen) atoms. The summed E-state index contributed by atoms with van der Waals surface area (Å²) in [7, 11) is 0. The summed E-state index contributed by atoms with van der Waals surface area (Å²) in [4.78, 5) is 14.3. The Morgan fingerprint density at radius 3 is 2.95 bits per heavy atom. The van der Waals surface area contributed by atoms with Crippen LogP contribution < -0.4 is 5.32 Å². The Kier molecular flexibility index (Phi) is 3.14. The van der Waals surface area contributed by atoms with Gasteiger partial charge in [-0.05, 0) is 36.8 Å². The second-order valence-corrected chi connectivity index (χ2v) is 6.37. The van der Waals surface area contributed by atoms with Gasteiger partial charge in [-0.25, -0.2) is 0 Å². The summed E-state index contributed by atoms with van der Waals surface area (Å²) in [5.41, 5.74) is 2.38. The summed E-state index contributed by atoms with van der Waals surface area (Å²) in [5.74, 6) is 0.923. The van der Waals surface area contributed by atoms with E-state index in [-0.39, 0.29) is 5.91 Å². The van der Waals surface area contributed by atoms with Gasteiger partial charge in [0.05, 0.1) is 4.88 Å². The van der Waals surface area contributed by atoms with Crippen LogP contribution >= 0.6 is 11.3 Å². The molecule has 0 aliphatic heterocycles. The van der Waals surface area contributed by atoms with Crippen molar-refractivity contribution in [3.05, 3.63) is 33.1 Å². The number of amides is 1. The highest BCUT2D eigenvalue weighted by Crippen LogP contribution is 2.31. The molecule has 2 N–H and O–H groups in total. The van der Waals surface area contributed by atoms with Gasteiger partial charge in [-0.15, -0.1) is 11.3 Å². The lowest BCUT2D eigenvalue weighted by atomic mass is 10.1. The Balaban J connectivity index is 1.73. The highest BCUT2D eigenvalue weighted by Gasteiger charge is 2.19. The van der Waals surface area contributed by atoms with E-state index in [4.69, 9.17) is 0 Å². The van der Waals surface area contributed by atoms with Crippen molar-refractivity contribution in [3.8, 4) is 0 Å². The largest absolute Gasteiger partial charge is 0.304 e. The van der Waals surface area contributed by atoms with E-state index in [1.165, 1.54) is 16.9 Å². The molecule has 1 aliphatic carbocycles. The molecule has 0 saturated heterocycles. The van der Waals surface area contributed by atoms with Crippen molar-refractivity contribution in [2.24, 2.45) is 0 Å². The molecular formula is C14H17N3OS. The molecule has 2 aromatic rings. The lowest BCUT2D eigenvalue weighted by molar-refractivity contribution is 0.103. The normalized spacial score (nSPS) is 13.8. The molecule has 0 bridgehead atoms. The first-order valence-electron chi connectivity index (χ1n) is 6.61. The molecule has 0 unspecified atom stereocenters. The van der Waals surface area contributed by atoms with Crippen LogP contribution in [-0.2, 0) is 12.8 Å². The van der Waals surface area contributed by atoms with Crippen molar-refractivity contribution in [2.45, 2.75) is 39.0 Å². The van der Waals surface area contributed by atoms with Gasteiger partial charge >= 0.3 is 0 Å². The van der Waals surface area contributed by atoms with Crippen LogP contribution in [0.25, 0.3) is 0 Å². The van der Waals surface area contributed by atoms with Gasteiger partial charge in [0, 0.05) is 16.6 Å². The van der Waals surface area contributed by atoms with Crippen LogP contribution in [0.1, 0.15) is 52.0 Å². The minimum Gasteiger partial charge on any atom is -0.304 e. The fourth-order valence-electron chi connectivity index (χ4n) is 2.32. The molecule has 4 nitrogen and oxygen atoms in total. The SMILES string of the molecule is CC(C)c1cc(NC(=O)c2cc3c(s2)CCC3)n[nH]1. The third-order valence-electron chi connectivity index (χ3n) is 3.43. The molecule has 2 heterocycles. The van der Waals surface area contributed by atoms with Crippen LogP contribution in [0.5, 0.6) is 0 Å². The molecule has 0 radical (unpaired) electrons. The second-order valence-electron chi connectivity index (χ2n) is 5.23. The van der Waals surface area contributed by atoms with Gasteiger partial charge in [0.2, 0.25) is 0 Å². The van der Waals surface area contributed by atoms with Crippen molar-refractivity contribution in [3.63, 3.8) is 0 Å². The topological polar surface area (TPSA) is 57.8 Å². The number of nitrogens with zero attached hydrogens (tertiary/aromatic N) is 1. The number of anilines is 1. The molecular weight excluding hydrogens is 258 g/mol. The lowest BCUT2D eigenvalue weighted by Gasteiger charge is -1.99. The summed E-state index contributed by atoms with van der Waals surface area (Å²) < 4.78 is 0. The first kappa shape index (κ1) is 12.4. The van der Waals surface area contributed by atoms with Crippen molar-refractivity contribution < 1.29 is 4.79 Å². The monoisotopic (exact) mass is 275 g/mol. The van der Waals surface area contributed by atoms with Crippen LogP contribution in [0.3, 0.4) is 0 Å². The van der Waals surface area contributed by atoms with Gasteiger partial charge in [-0.1, -0.05) is 13.8 Å². The molecule has 0 fully saturated rings. The van der Waals surface area contributed by atoms with Gasteiger partial charge in [-0.3, -0.25) is 9.89 Å². The third kappa shape index (κ3) is 2.42. The standard InChI is InChI=1S/C14H17N3OS/c1-8(2)10-7-13(17-16-10)15-14(18)12-6-9-4-3-5-11(9)19-12/h6-8H,3-5H2,1-2H3,(H2,15,16,17,18). The number of aryl methyl sites for hydroxylation is 2. The molecule has 5 heteroatoms. The van der Waals surface area contributed by atoms with Crippen molar-refractivity contribution in [2.75, 3.05) is 5.32 Å². The summed E-state index contributed by atoms with van der Waals surface area (Å²) in [6, 6.07) is 3.92. The number of carbonyl (C=O) groups is 1. The highest BCUT2D eigenvalue weighted by atomic mass is 32.1. The Bertz CT molecular complexity index is 590. The number of hydrogen-bond donors (Lipinski definition) is 2.